The van der Waals surface area contributed by atoms with E-state index < -0.39 is 0 Å². The molecule has 126 valence electrons. The van der Waals surface area contributed by atoms with Crippen molar-refractivity contribution in [1.29, 1.82) is 0 Å². The number of benzene rings is 1. The Labute approximate surface area is 139 Å². The van der Waals surface area contributed by atoms with Crippen molar-refractivity contribution < 1.29 is 5.11 Å². The molecule has 1 aromatic heterocycles. The predicted octanol–water partition coefficient (Wildman–Crippen LogP) is 2.09. The lowest BCUT2D eigenvalue weighted by Gasteiger charge is -2.26. The second-order valence-electron chi connectivity index (χ2n) is 6.72. The normalized spacial score (nSPS) is 16.3. The minimum Gasteiger partial charge on any atom is -0.395 e. The molecular formula is C19H29N3O. The summed E-state index contributed by atoms with van der Waals surface area (Å²) in [5.74, 6) is 0. The molecule has 0 aliphatic carbocycles. The van der Waals surface area contributed by atoms with Crippen LogP contribution in [0.1, 0.15) is 23.1 Å². The summed E-state index contributed by atoms with van der Waals surface area (Å²) in [5.41, 5.74) is 5.36. The van der Waals surface area contributed by atoms with Gasteiger partial charge in [0.1, 0.15) is 0 Å². The van der Waals surface area contributed by atoms with Crippen molar-refractivity contribution in [3.05, 3.63) is 35.0 Å². The molecule has 0 spiro atoms. The van der Waals surface area contributed by atoms with Crippen LogP contribution in [0.2, 0.25) is 0 Å². The van der Waals surface area contributed by atoms with Crippen molar-refractivity contribution >= 4 is 10.9 Å². The third kappa shape index (κ3) is 3.77. The van der Waals surface area contributed by atoms with Crippen LogP contribution in [0.4, 0.5) is 0 Å². The minimum absolute atomic E-state index is 0.191. The molecule has 2 N–H and O–H groups in total. The van der Waals surface area contributed by atoms with Crippen LogP contribution in [-0.4, -0.2) is 53.9 Å². The number of nitrogens with zero attached hydrogens (tertiary/aromatic N) is 2. The monoisotopic (exact) mass is 315 g/mol. The van der Waals surface area contributed by atoms with Gasteiger partial charge in [-0.3, -0.25) is 0 Å². The highest BCUT2D eigenvalue weighted by Gasteiger charge is 2.12. The first-order chi connectivity index (χ1) is 11.2. The molecule has 0 saturated carbocycles. The van der Waals surface area contributed by atoms with E-state index in [2.05, 4.69) is 47.0 Å². The summed E-state index contributed by atoms with van der Waals surface area (Å²) in [7, 11) is 0. The van der Waals surface area contributed by atoms with Crippen molar-refractivity contribution in [3.8, 4) is 0 Å². The Morgan fingerprint density at radius 1 is 1.09 bits per heavy atom. The lowest BCUT2D eigenvalue weighted by molar-refractivity contribution is 0.238. The molecule has 2 aromatic rings. The van der Waals surface area contributed by atoms with Crippen LogP contribution in [0, 0.1) is 13.8 Å². The minimum atomic E-state index is 0.191. The molecule has 1 saturated heterocycles. The average Bonchev–Trinajstić information content (AvgIpc) is 2.87. The van der Waals surface area contributed by atoms with Gasteiger partial charge in [-0.05, 0) is 62.1 Å². The Balaban J connectivity index is 1.75. The molecule has 23 heavy (non-hydrogen) atoms. The number of fused-ring (bicyclic) bond motifs is 1. The van der Waals surface area contributed by atoms with Gasteiger partial charge in [0.15, 0.2) is 0 Å². The SMILES string of the molecule is Cc1cc2c(CCCN3CCNCC3)cn(CCO)c2cc1C. The van der Waals surface area contributed by atoms with Crippen LogP contribution in [-0.2, 0) is 13.0 Å². The first kappa shape index (κ1) is 16.5. The first-order valence-corrected chi connectivity index (χ1v) is 8.82. The number of aliphatic hydroxyl groups is 1. The quantitative estimate of drug-likeness (QED) is 0.857. The van der Waals surface area contributed by atoms with E-state index in [1.165, 1.54) is 53.6 Å². The number of aryl methyl sites for hydroxylation is 3. The van der Waals surface area contributed by atoms with Gasteiger partial charge in [-0.1, -0.05) is 0 Å². The Kier molecular flexibility index (Phi) is 5.36. The fourth-order valence-electron chi connectivity index (χ4n) is 3.54. The van der Waals surface area contributed by atoms with Gasteiger partial charge in [-0.25, -0.2) is 0 Å². The van der Waals surface area contributed by atoms with Gasteiger partial charge >= 0.3 is 0 Å². The number of piperazine rings is 1. The number of rotatable bonds is 6. The van der Waals surface area contributed by atoms with E-state index in [9.17, 15) is 5.11 Å². The van der Waals surface area contributed by atoms with Crippen LogP contribution in [0.15, 0.2) is 18.3 Å². The first-order valence-electron chi connectivity index (χ1n) is 8.82. The van der Waals surface area contributed by atoms with E-state index in [4.69, 9.17) is 0 Å². The molecule has 4 heteroatoms. The number of hydrogen-bond acceptors (Lipinski definition) is 3. The maximum Gasteiger partial charge on any atom is 0.0610 e. The number of aromatic nitrogens is 1. The molecule has 0 amide bonds. The van der Waals surface area contributed by atoms with Crippen molar-refractivity contribution in [2.24, 2.45) is 0 Å². The average molecular weight is 315 g/mol. The van der Waals surface area contributed by atoms with Crippen LogP contribution in [0.5, 0.6) is 0 Å². The van der Waals surface area contributed by atoms with E-state index in [1.807, 2.05) is 0 Å². The van der Waals surface area contributed by atoms with Gasteiger partial charge in [0.05, 0.1) is 6.61 Å². The largest absolute Gasteiger partial charge is 0.395 e. The third-order valence-electron chi connectivity index (χ3n) is 5.05. The lowest BCUT2D eigenvalue weighted by Crippen LogP contribution is -2.43. The number of nitrogens with one attached hydrogen (secondary N) is 1. The van der Waals surface area contributed by atoms with Crippen molar-refractivity contribution in [2.75, 3.05) is 39.3 Å². The molecule has 1 fully saturated rings. The van der Waals surface area contributed by atoms with Crippen molar-refractivity contribution in [2.45, 2.75) is 33.2 Å². The van der Waals surface area contributed by atoms with Crippen molar-refractivity contribution in [1.82, 2.24) is 14.8 Å². The summed E-state index contributed by atoms with van der Waals surface area (Å²) in [4.78, 5) is 2.55. The highest BCUT2D eigenvalue weighted by atomic mass is 16.3. The van der Waals surface area contributed by atoms with E-state index in [-0.39, 0.29) is 6.61 Å². The second kappa shape index (κ2) is 7.47. The van der Waals surface area contributed by atoms with Gasteiger partial charge in [0.25, 0.3) is 0 Å². The molecular weight excluding hydrogens is 286 g/mol. The van der Waals surface area contributed by atoms with E-state index >= 15 is 0 Å². The maximum absolute atomic E-state index is 9.33. The standard InChI is InChI=1S/C19H29N3O/c1-15-12-18-17(4-3-7-21-8-5-20-6-9-21)14-22(10-11-23)19(18)13-16(15)2/h12-14,20,23H,3-11H2,1-2H3. The second-order valence-corrected chi connectivity index (χ2v) is 6.72. The van der Waals surface area contributed by atoms with Crippen LogP contribution < -0.4 is 5.32 Å². The molecule has 0 unspecified atom stereocenters. The number of hydrogen-bond donors (Lipinski definition) is 2. The van der Waals surface area contributed by atoms with E-state index in [1.54, 1.807) is 0 Å². The molecule has 0 atom stereocenters. The molecule has 1 aliphatic rings. The Bertz CT molecular complexity index is 656. The van der Waals surface area contributed by atoms with Gasteiger partial charge < -0.3 is 19.9 Å². The summed E-state index contributed by atoms with van der Waals surface area (Å²) in [6.45, 7) is 11.0. The fourth-order valence-corrected chi connectivity index (χ4v) is 3.54. The van der Waals surface area contributed by atoms with Crippen LogP contribution in [0.25, 0.3) is 10.9 Å². The van der Waals surface area contributed by atoms with Crippen molar-refractivity contribution in [3.63, 3.8) is 0 Å². The maximum atomic E-state index is 9.33. The van der Waals surface area contributed by atoms with Gasteiger partial charge in [0, 0.05) is 49.8 Å². The van der Waals surface area contributed by atoms with Gasteiger partial charge in [-0.2, -0.15) is 0 Å². The summed E-state index contributed by atoms with van der Waals surface area (Å²) >= 11 is 0. The molecule has 0 radical (unpaired) electrons. The third-order valence-corrected chi connectivity index (χ3v) is 5.05. The Morgan fingerprint density at radius 2 is 1.83 bits per heavy atom. The van der Waals surface area contributed by atoms with Gasteiger partial charge in [0.2, 0.25) is 0 Å². The van der Waals surface area contributed by atoms with Crippen LogP contribution >= 0.6 is 0 Å². The van der Waals surface area contributed by atoms with E-state index in [0.717, 1.165) is 19.5 Å². The molecule has 1 aliphatic heterocycles. The summed E-state index contributed by atoms with van der Waals surface area (Å²) in [6, 6.07) is 4.58. The Hall–Kier alpha value is -1.36. The van der Waals surface area contributed by atoms with E-state index in [0.29, 0.717) is 6.54 Å². The van der Waals surface area contributed by atoms with Gasteiger partial charge in [-0.15, -0.1) is 0 Å². The summed E-state index contributed by atoms with van der Waals surface area (Å²) in [6.07, 6.45) is 4.56. The molecule has 0 bridgehead atoms. The Morgan fingerprint density at radius 3 is 2.57 bits per heavy atom. The molecule has 3 rings (SSSR count). The molecule has 2 heterocycles. The zero-order valence-corrected chi connectivity index (χ0v) is 14.4. The molecule has 4 nitrogen and oxygen atoms in total. The predicted molar refractivity (Wildman–Crippen MR) is 96.1 cm³/mol. The molecule has 1 aromatic carbocycles. The zero-order chi connectivity index (χ0) is 16.2. The highest BCUT2D eigenvalue weighted by molar-refractivity contribution is 5.85. The highest BCUT2D eigenvalue weighted by Crippen LogP contribution is 2.26. The summed E-state index contributed by atoms with van der Waals surface area (Å²) < 4.78 is 2.21. The van der Waals surface area contributed by atoms with Crippen LogP contribution in [0.3, 0.4) is 0 Å². The topological polar surface area (TPSA) is 40.4 Å². The smallest absolute Gasteiger partial charge is 0.0610 e. The summed E-state index contributed by atoms with van der Waals surface area (Å²) in [5, 5.41) is 14.1. The lowest BCUT2D eigenvalue weighted by atomic mass is 10.0. The number of aliphatic hydroxyl groups excluding tert-OH is 1. The zero-order valence-electron chi connectivity index (χ0n) is 14.4. The fraction of sp³-hybridized carbons (Fsp3) is 0.579.